The van der Waals surface area contributed by atoms with E-state index in [1.54, 1.807) is 6.92 Å². The Balaban J connectivity index is 1.71. The third-order valence-electron chi connectivity index (χ3n) is 5.39. The Morgan fingerprint density at radius 1 is 1.27 bits per heavy atom. The summed E-state index contributed by atoms with van der Waals surface area (Å²) in [6.45, 7) is 1.73. The summed E-state index contributed by atoms with van der Waals surface area (Å²) in [4.78, 5) is 31.6. The molecular weight excluding hydrogens is 330 g/mol. The van der Waals surface area contributed by atoms with Gasteiger partial charge < -0.3 is 14.6 Å². The molecule has 2 saturated heterocycles. The van der Waals surface area contributed by atoms with Gasteiger partial charge in [-0.15, -0.1) is 0 Å². The molecule has 2 aliphatic heterocycles. The van der Waals surface area contributed by atoms with Gasteiger partial charge in [0.05, 0.1) is 18.1 Å². The zero-order valence-corrected chi connectivity index (χ0v) is 14.9. The molecule has 0 radical (unpaired) electrons. The second-order valence-corrected chi connectivity index (χ2v) is 7.11. The van der Waals surface area contributed by atoms with Crippen molar-refractivity contribution in [2.45, 2.75) is 57.2 Å². The van der Waals surface area contributed by atoms with E-state index < -0.39 is 0 Å². The van der Waals surface area contributed by atoms with E-state index in [1.807, 2.05) is 35.2 Å². The van der Waals surface area contributed by atoms with Crippen molar-refractivity contribution in [3.63, 3.8) is 0 Å². The Hall–Kier alpha value is -2.63. The van der Waals surface area contributed by atoms with E-state index in [0.717, 1.165) is 31.2 Å². The molecule has 0 unspecified atom stereocenters. The van der Waals surface area contributed by atoms with E-state index in [9.17, 15) is 9.59 Å². The zero-order chi connectivity index (χ0) is 18.1. The lowest BCUT2D eigenvalue weighted by atomic mass is 9.97. The normalized spacial score (nSPS) is 26.0. The van der Waals surface area contributed by atoms with Crippen molar-refractivity contribution in [1.82, 2.24) is 15.2 Å². The molecule has 1 aromatic heterocycles. The van der Waals surface area contributed by atoms with Crippen LogP contribution in [0.3, 0.4) is 0 Å². The molecule has 1 N–H and O–H groups in total. The van der Waals surface area contributed by atoms with Gasteiger partial charge in [0, 0.05) is 13.3 Å². The molecule has 1 aromatic carbocycles. The molecule has 0 saturated carbocycles. The molecule has 0 bridgehead atoms. The first-order valence-electron chi connectivity index (χ1n) is 9.22. The van der Waals surface area contributed by atoms with Crippen LogP contribution in [0.5, 0.6) is 0 Å². The van der Waals surface area contributed by atoms with Crippen molar-refractivity contribution >= 4 is 11.8 Å². The van der Waals surface area contributed by atoms with Crippen LogP contribution in [0.25, 0.3) is 0 Å². The van der Waals surface area contributed by atoms with Crippen molar-refractivity contribution in [3.05, 3.63) is 53.7 Å². The van der Waals surface area contributed by atoms with Crippen LogP contribution in [0, 0.1) is 6.92 Å². The standard InChI is InChI=1S/C20H23N3O3/c1-13-21-16(12-26-13)20(25)23-17-9-5-6-10-19(24)22-15(17)11-18(23)14-7-3-2-4-8-14/h2-4,7-8,12,15,17-18H,5-6,9-11H2,1H3,(H,22,24)/t15-,17+,18+/m1/s1. The number of amides is 2. The van der Waals surface area contributed by atoms with E-state index in [2.05, 4.69) is 10.3 Å². The Kier molecular flexibility index (Phi) is 4.49. The van der Waals surface area contributed by atoms with E-state index in [1.165, 1.54) is 6.26 Å². The minimum absolute atomic E-state index is 0.0195. The molecule has 6 nitrogen and oxygen atoms in total. The minimum Gasteiger partial charge on any atom is -0.448 e. The smallest absolute Gasteiger partial charge is 0.276 e. The first-order chi connectivity index (χ1) is 12.6. The lowest BCUT2D eigenvalue weighted by Gasteiger charge is -2.32. The summed E-state index contributed by atoms with van der Waals surface area (Å²) in [6.07, 6.45) is 5.40. The minimum atomic E-state index is -0.127. The van der Waals surface area contributed by atoms with Crippen LogP contribution in [0.2, 0.25) is 0 Å². The average molecular weight is 353 g/mol. The van der Waals surface area contributed by atoms with Gasteiger partial charge in [-0.25, -0.2) is 4.98 Å². The maximum atomic E-state index is 13.3. The fourth-order valence-corrected chi connectivity index (χ4v) is 4.21. The van der Waals surface area contributed by atoms with Gasteiger partial charge in [-0.1, -0.05) is 36.8 Å². The second-order valence-electron chi connectivity index (χ2n) is 7.11. The monoisotopic (exact) mass is 353 g/mol. The number of benzene rings is 1. The molecular formula is C20H23N3O3. The number of oxazole rings is 1. The van der Waals surface area contributed by atoms with E-state index in [0.29, 0.717) is 18.0 Å². The van der Waals surface area contributed by atoms with Crippen molar-refractivity contribution < 1.29 is 14.0 Å². The van der Waals surface area contributed by atoms with Crippen LogP contribution in [-0.4, -0.2) is 33.8 Å². The molecule has 0 aliphatic carbocycles. The summed E-state index contributed by atoms with van der Waals surface area (Å²) < 4.78 is 5.26. The second kappa shape index (κ2) is 6.94. The summed E-state index contributed by atoms with van der Waals surface area (Å²) in [7, 11) is 0. The lowest BCUT2D eigenvalue weighted by Crippen LogP contribution is -2.48. The van der Waals surface area contributed by atoms with Gasteiger partial charge >= 0.3 is 0 Å². The lowest BCUT2D eigenvalue weighted by molar-refractivity contribution is -0.122. The van der Waals surface area contributed by atoms with Crippen LogP contribution in [0.4, 0.5) is 0 Å². The molecule has 26 heavy (non-hydrogen) atoms. The van der Waals surface area contributed by atoms with Gasteiger partial charge in [0.2, 0.25) is 5.91 Å². The highest BCUT2D eigenvalue weighted by Gasteiger charge is 2.45. The molecule has 3 heterocycles. The van der Waals surface area contributed by atoms with Gasteiger partial charge in [0.15, 0.2) is 11.6 Å². The van der Waals surface area contributed by atoms with Crippen LogP contribution < -0.4 is 5.32 Å². The highest BCUT2D eigenvalue weighted by atomic mass is 16.3. The SMILES string of the molecule is Cc1nc(C(=O)N2[C@H](c3ccccc3)C[C@H]3NC(=O)CCCC[C@@H]32)co1. The molecule has 6 heteroatoms. The fourth-order valence-electron chi connectivity index (χ4n) is 4.21. The van der Waals surface area contributed by atoms with Gasteiger partial charge in [-0.3, -0.25) is 9.59 Å². The Morgan fingerprint density at radius 3 is 2.81 bits per heavy atom. The van der Waals surface area contributed by atoms with Crippen LogP contribution in [0.15, 0.2) is 41.0 Å². The zero-order valence-electron chi connectivity index (χ0n) is 14.9. The molecule has 3 atom stereocenters. The summed E-state index contributed by atoms with van der Waals surface area (Å²) >= 11 is 0. The van der Waals surface area contributed by atoms with Gasteiger partial charge in [-0.05, 0) is 24.8 Å². The number of rotatable bonds is 2. The summed E-state index contributed by atoms with van der Waals surface area (Å²) in [5.41, 5.74) is 1.42. The third kappa shape index (κ3) is 3.11. The van der Waals surface area contributed by atoms with Gasteiger partial charge in [0.25, 0.3) is 5.91 Å². The number of carbonyl (C=O) groups excluding carboxylic acids is 2. The molecule has 2 aliphatic rings. The number of nitrogens with zero attached hydrogens (tertiary/aromatic N) is 2. The summed E-state index contributed by atoms with van der Waals surface area (Å²) in [6, 6.07) is 9.90. The molecule has 0 spiro atoms. The topological polar surface area (TPSA) is 75.4 Å². The number of fused-ring (bicyclic) bond motifs is 1. The number of likely N-dealkylation sites (tertiary alicyclic amines) is 1. The Labute approximate surface area is 152 Å². The van der Waals surface area contributed by atoms with Gasteiger partial charge in [-0.2, -0.15) is 0 Å². The highest BCUT2D eigenvalue weighted by Crippen LogP contribution is 2.40. The predicted molar refractivity (Wildman–Crippen MR) is 95.4 cm³/mol. The van der Waals surface area contributed by atoms with Crippen LogP contribution >= 0.6 is 0 Å². The maximum Gasteiger partial charge on any atom is 0.276 e. The molecule has 2 fully saturated rings. The number of nitrogens with one attached hydrogen (secondary N) is 1. The first-order valence-corrected chi connectivity index (χ1v) is 9.22. The van der Waals surface area contributed by atoms with Crippen molar-refractivity contribution in [2.75, 3.05) is 0 Å². The summed E-state index contributed by atoms with van der Waals surface area (Å²) in [5.74, 6) is 0.433. The van der Waals surface area contributed by atoms with E-state index in [-0.39, 0.29) is 29.9 Å². The Morgan fingerprint density at radius 2 is 2.08 bits per heavy atom. The van der Waals surface area contributed by atoms with Gasteiger partial charge in [0.1, 0.15) is 6.26 Å². The van der Waals surface area contributed by atoms with Crippen molar-refractivity contribution in [3.8, 4) is 0 Å². The highest BCUT2D eigenvalue weighted by molar-refractivity contribution is 5.93. The average Bonchev–Trinajstić information content (AvgIpc) is 3.21. The quantitative estimate of drug-likeness (QED) is 0.900. The summed E-state index contributed by atoms with van der Waals surface area (Å²) in [5, 5.41) is 3.15. The molecule has 4 rings (SSSR count). The number of hydrogen-bond donors (Lipinski definition) is 1. The molecule has 2 aromatic rings. The number of aromatic nitrogens is 1. The van der Waals surface area contributed by atoms with E-state index >= 15 is 0 Å². The van der Waals surface area contributed by atoms with Crippen molar-refractivity contribution in [2.24, 2.45) is 0 Å². The van der Waals surface area contributed by atoms with E-state index in [4.69, 9.17) is 4.42 Å². The molecule has 2 amide bonds. The maximum absolute atomic E-state index is 13.3. The predicted octanol–water partition coefficient (Wildman–Crippen LogP) is 3.00. The van der Waals surface area contributed by atoms with Crippen molar-refractivity contribution in [1.29, 1.82) is 0 Å². The first kappa shape index (κ1) is 16.8. The number of aryl methyl sites for hydroxylation is 1. The Bertz CT molecular complexity index is 802. The fraction of sp³-hybridized carbons (Fsp3) is 0.450. The van der Waals surface area contributed by atoms with Crippen LogP contribution in [-0.2, 0) is 4.79 Å². The molecule has 136 valence electrons. The number of carbonyl (C=O) groups is 2. The van der Waals surface area contributed by atoms with Crippen LogP contribution in [0.1, 0.15) is 60.1 Å². The third-order valence-corrected chi connectivity index (χ3v) is 5.39. The number of hydrogen-bond acceptors (Lipinski definition) is 4. The largest absolute Gasteiger partial charge is 0.448 e.